The SMILES string of the molecule is O=C(OCc1ccsc1)c1ccc2nncn2c1. The molecule has 18 heavy (non-hydrogen) atoms. The number of hydrogen-bond acceptors (Lipinski definition) is 5. The molecule has 0 aromatic carbocycles. The van der Waals surface area contributed by atoms with Gasteiger partial charge in [0.05, 0.1) is 5.56 Å². The van der Waals surface area contributed by atoms with Crippen LogP contribution in [0.1, 0.15) is 15.9 Å². The summed E-state index contributed by atoms with van der Waals surface area (Å²) in [6, 6.07) is 5.34. The summed E-state index contributed by atoms with van der Waals surface area (Å²) in [5.74, 6) is -0.350. The van der Waals surface area contributed by atoms with Crippen LogP contribution in [0.2, 0.25) is 0 Å². The fourth-order valence-electron chi connectivity index (χ4n) is 1.56. The van der Waals surface area contributed by atoms with E-state index in [2.05, 4.69) is 10.2 Å². The molecule has 3 rings (SSSR count). The molecule has 3 aromatic rings. The van der Waals surface area contributed by atoms with E-state index in [1.54, 1.807) is 40.4 Å². The molecule has 6 heteroatoms. The minimum atomic E-state index is -0.350. The number of nitrogens with zero attached hydrogens (tertiary/aromatic N) is 3. The molecule has 0 saturated heterocycles. The van der Waals surface area contributed by atoms with Crippen LogP contribution in [0.5, 0.6) is 0 Å². The molecular weight excluding hydrogens is 250 g/mol. The highest BCUT2D eigenvalue weighted by Crippen LogP contribution is 2.10. The Bertz CT molecular complexity index is 676. The zero-order chi connectivity index (χ0) is 12.4. The van der Waals surface area contributed by atoms with E-state index in [-0.39, 0.29) is 5.97 Å². The maximum Gasteiger partial charge on any atom is 0.339 e. The van der Waals surface area contributed by atoms with E-state index in [4.69, 9.17) is 4.74 Å². The van der Waals surface area contributed by atoms with Crippen LogP contribution in [-0.2, 0) is 11.3 Å². The number of thiophene rings is 1. The first kappa shape index (κ1) is 10.9. The Kier molecular flexibility index (Phi) is 2.77. The van der Waals surface area contributed by atoms with Gasteiger partial charge < -0.3 is 4.74 Å². The van der Waals surface area contributed by atoms with Crippen molar-refractivity contribution < 1.29 is 9.53 Å². The van der Waals surface area contributed by atoms with Gasteiger partial charge in [0.15, 0.2) is 5.65 Å². The molecular formula is C12H9N3O2S. The van der Waals surface area contributed by atoms with Crippen LogP contribution >= 0.6 is 11.3 Å². The van der Waals surface area contributed by atoms with Crippen LogP contribution in [0.25, 0.3) is 5.65 Å². The number of pyridine rings is 1. The molecule has 3 aromatic heterocycles. The number of ether oxygens (including phenoxy) is 1. The molecule has 0 N–H and O–H groups in total. The molecule has 0 spiro atoms. The topological polar surface area (TPSA) is 56.5 Å². The second-order valence-electron chi connectivity index (χ2n) is 3.72. The molecule has 0 amide bonds. The zero-order valence-corrected chi connectivity index (χ0v) is 10.1. The van der Waals surface area contributed by atoms with Gasteiger partial charge in [-0.05, 0) is 29.0 Å². The maximum atomic E-state index is 11.8. The smallest absolute Gasteiger partial charge is 0.339 e. The molecule has 0 aliphatic rings. The van der Waals surface area contributed by atoms with Gasteiger partial charge in [0.25, 0.3) is 0 Å². The van der Waals surface area contributed by atoms with Crippen molar-refractivity contribution in [2.75, 3.05) is 0 Å². The molecule has 0 aliphatic carbocycles. The summed E-state index contributed by atoms with van der Waals surface area (Å²) in [6.07, 6.45) is 3.20. The summed E-state index contributed by atoms with van der Waals surface area (Å²) in [6.45, 7) is 0.294. The largest absolute Gasteiger partial charge is 0.457 e. The van der Waals surface area contributed by atoms with E-state index < -0.39 is 0 Å². The lowest BCUT2D eigenvalue weighted by atomic mass is 10.3. The summed E-state index contributed by atoms with van der Waals surface area (Å²) in [4.78, 5) is 11.8. The average Bonchev–Trinajstić information content (AvgIpc) is 3.05. The Morgan fingerprint density at radius 1 is 1.39 bits per heavy atom. The molecule has 0 saturated carbocycles. The summed E-state index contributed by atoms with van der Waals surface area (Å²) < 4.78 is 6.89. The van der Waals surface area contributed by atoms with Crippen LogP contribution in [0.3, 0.4) is 0 Å². The number of fused-ring (bicyclic) bond motifs is 1. The molecule has 90 valence electrons. The van der Waals surface area contributed by atoms with Crippen LogP contribution in [0.4, 0.5) is 0 Å². The van der Waals surface area contributed by atoms with Crippen LogP contribution in [0, 0.1) is 0 Å². The average molecular weight is 259 g/mol. The molecule has 3 heterocycles. The quantitative estimate of drug-likeness (QED) is 0.676. The van der Waals surface area contributed by atoms with Crippen molar-refractivity contribution in [1.29, 1.82) is 0 Å². The van der Waals surface area contributed by atoms with E-state index >= 15 is 0 Å². The maximum absolute atomic E-state index is 11.8. The Labute approximate surface area is 107 Å². The van der Waals surface area contributed by atoms with Crippen molar-refractivity contribution in [2.45, 2.75) is 6.61 Å². The van der Waals surface area contributed by atoms with Gasteiger partial charge in [-0.3, -0.25) is 4.40 Å². The highest BCUT2D eigenvalue weighted by atomic mass is 32.1. The van der Waals surface area contributed by atoms with Gasteiger partial charge in [-0.25, -0.2) is 4.79 Å². The van der Waals surface area contributed by atoms with Gasteiger partial charge in [0, 0.05) is 11.8 Å². The number of carbonyl (C=O) groups is 1. The third-order valence-corrected chi connectivity index (χ3v) is 3.21. The second kappa shape index (κ2) is 4.58. The Hall–Kier alpha value is -2.21. The predicted molar refractivity (Wildman–Crippen MR) is 66.4 cm³/mol. The van der Waals surface area contributed by atoms with Crippen LogP contribution in [0.15, 0.2) is 41.5 Å². The van der Waals surface area contributed by atoms with Gasteiger partial charge in [-0.1, -0.05) is 0 Å². The molecule has 0 unspecified atom stereocenters. The minimum absolute atomic E-state index is 0.294. The van der Waals surface area contributed by atoms with E-state index in [0.717, 1.165) is 5.56 Å². The van der Waals surface area contributed by atoms with Crippen molar-refractivity contribution in [3.8, 4) is 0 Å². The molecule has 5 nitrogen and oxygen atoms in total. The Balaban J connectivity index is 1.75. The van der Waals surface area contributed by atoms with E-state index in [0.29, 0.717) is 17.8 Å². The minimum Gasteiger partial charge on any atom is -0.457 e. The first-order valence-electron chi connectivity index (χ1n) is 5.30. The van der Waals surface area contributed by atoms with Gasteiger partial charge in [0.2, 0.25) is 0 Å². The third-order valence-electron chi connectivity index (χ3n) is 2.48. The number of aromatic nitrogens is 3. The second-order valence-corrected chi connectivity index (χ2v) is 4.50. The normalized spacial score (nSPS) is 10.7. The monoisotopic (exact) mass is 259 g/mol. The summed E-state index contributed by atoms with van der Waals surface area (Å²) in [7, 11) is 0. The third kappa shape index (κ3) is 2.10. The van der Waals surface area contributed by atoms with Crippen molar-refractivity contribution in [3.05, 3.63) is 52.6 Å². The van der Waals surface area contributed by atoms with Crippen molar-refractivity contribution in [1.82, 2.24) is 14.6 Å². The van der Waals surface area contributed by atoms with Crippen LogP contribution < -0.4 is 0 Å². The van der Waals surface area contributed by atoms with Gasteiger partial charge in [0.1, 0.15) is 12.9 Å². The molecule has 0 atom stereocenters. The van der Waals surface area contributed by atoms with Crippen molar-refractivity contribution in [3.63, 3.8) is 0 Å². The van der Waals surface area contributed by atoms with Gasteiger partial charge >= 0.3 is 5.97 Å². The number of esters is 1. The first-order valence-corrected chi connectivity index (χ1v) is 6.25. The van der Waals surface area contributed by atoms with E-state index in [1.807, 2.05) is 16.8 Å². The fourth-order valence-corrected chi connectivity index (χ4v) is 2.21. The van der Waals surface area contributed by atoms with E-state index in [9.17, 15) is 4.79 Å². The highest BCUT2D eigenvalue weighted by molar-refractivity contribution is 7.07. The summed E-state index contributed by atoms with van der Waals surface area (Å²) in [5.41, 5.74) is 2.18. The summed E-state index contributed by atoms with van der Waals surface area (Å²) in [5, 5.41) is 11.5. The highest BCUT2D eigenvalue weighted by Gasteiger charge is 2.08. The lowest BCUT2D eigenvalue weighted by Crippen LogP contribution is -2.05. The zero-order valence-electron chi connectivity index (χ0n) is 9.31. The number of carbonyl (C=O) groups excluding carboxylic acids is 1. The standard InChI is InChI=1S/C12H9N3O2S/c16-12(17-6-9-3-4-18-7-9)10-1-2-11-14-13-8-15(11)5-10/h1-5,7-8H,6H2. The fraction of sp³-hybridized carbons (Fsp3) is 0.0833. The molecule has 0 radical (unpaired) electrons. The van der Waals surface area contributed by atoms with Gasteiger partial charge in [-0.2, -0.15) is 11.3 Å². The van der Waals surface area contributed by atoms with Crippen molar-refractivity contribution >= 4 is 23.0 Å². The Morgan fingerprint density at radius 3 is 3.17 bits per heavy atom. The van der Waals surface area contributed by atoms with E-state index in [1.165, 1.54) is 0 Å². The molecule has 0 bridgehead atoms. The molecule has 0 fully saturated rings. The lowest BCUT2D eigenvalue weighted by molar-refractivity contribution is 0.0472. The Morgan fingerprint density at radius 2 is 2.33 bits per heavy atom. The molecule has 0 aliphatic heterocycles. The first-order chi connectivity index (χ1) is 8.83. The predicted octanol–water partition coefficient (Wildman–Crippen LogP) is 2.15. The van der Waals surface area contributed by atoms with Crippen LogP contribution in [-0.4, -0.2) is 20.6 Å². The number of rotatable bonds is 3. The van der Waals surface area contributed by atoms with Crippen molar-refractivity contribution in [2.24, 2.45) is 0 Å². The number of hydrogen-bond donors (Lipinski definition) is 0. The lowest BCUT2D eigenvalue weighted by Gasteiger charge is -2.03. The van der Waals surface area contributed by atoms with Gasteiger partial charge in [-0.15, -0.1) is 10.2 Å². The summed E-state index contributed by atoms with van der Waals surface area (Å²) >= 11 is 1.58.